The van der Waals surface area contributed by atoms with Crippen LogP contribution < -0.4 is 0 Å². The molecule has 0 heteroatoms. The molecule has 1 aliphatic carbocycles. The van der Waals surface area contributed by atoms with Gasteiger partial charge in [0.1, 0.15) is 0 Å². The highest BCUT2D eigenvalue weighted by molar-refractivity contribution is 4.83. The van der Waals surface area contributed by atoms with E-state index in [1.165, 1.54) is 12.8 Å². The molecule has 0 aromatic heterocycles. The highest BCUT2D eigenvalue weighted by Gasteiger charge is 2.16. The van der Waals surface area contributed by atoms with Gasteiger partial charge < -0.3 is 0 Å². The molecule has 0 bridgehead atoms. The van der Waals surface area contributed by atoms with Crippen molar-refractivity contribution >= 4 is 0 Å². The SMILES string of the molecule is C[C@H]1C[CH][C@H](C)C1. The van der Waals surface area contributed by atoms with E-state index in [0.29, 0.717) is 0 Å². The first-order valence-corrected chi connectivity index (χ1v) is 3.12. The molecule has 1 saturated carbocycles. The van der Waals surface area contributed by atoms with Gasteiger partial charge in [0.05, 0.1) is 0 Å². The Bertz CT molecular complexity index is 49.1. The predicted octanol–water partition coefficient (Wildman–Crippen LogP) is 2.26. The van der Waals surface area contributed by atoms with Crippen LogP contribution in [0.2, 0.25) is 0 Å². The predicted molar refractivity (Wildman–Crippen MR) is 31.9 cm³/mol. The molecule has 0 N–H and O–H groups in total. The highest BCUT2D eigenvalue weighted by Crippen LogP contribution is 2.28. The van der Waals surface area contributed by atoms with E-state index in [2.05, 4.69) is 20.3 Å². The van der Waals surface area contributed by atoms with Crippen molar-refractivity contribution in [3.63, 3.8) is 0 Å². The van der Waals surface area contributed by atoms with Crippen molar-refractivity contribution in [2.24, 2.45) is 11.8 Å². The molecule has 0 spiro atoms. The van der Waals surface area contributed by atoms with Gasteiger partial charge in [0.25, 0.3) is 0 Å². The molecule has 41 valence electrons. The standard InChI is InChI=1S/C7H13/c1-6-3-4-7(2)5-6/h3,6-7H,4-5H2,1-2H3/t6-,7-/m0/s1. The zero-order valence-corrected chi connectivity index (χ0v) is 5.15. The molecule has 0 unspecified atom stereocenters. The minimum absolute atomic E-state index is 0.898. The fraction of sp³-hybridized carbons (Fsp3) is 0.857. The first-order valence-electron chi connectivity index (χ1n) is 3.12. The highest BCUT2D eigenvalue weighted by atomic mass is 14.2. The second-order valence-electron chi connectivity index (χ2n) is 2.79. The van der Waals surface area contributed by atoms with Crippen molar-refractivity contribution in [1.82, 2.24) is 0 Å². The molecule has 1 rings (SSSR count). The normalized spacial score (nSPS) is 42.0. The fourth-order valence-electron chi connectivity index (χ4n) is 1.29. The van der Waals surface area contributed by atoms with E-state index in [9.17, 15) is 0 Å². The van der Waals surface area contributed by atoms with Crippen LogP contribution in [0.5, 0.6) is 0 Å². The monoisotopic (exact) mass is 97.1 g/mol. The average molecular weight is 97.2 g/mol. The van der Waals surface area contributed by atoms with Crippen LogP contribution in [0, 0.1) is 18.3 Å². The zero-order valence-electron chi connectivity index (χ0n) is 5.15. The molecule has 0 amide bonds. The summed E-state index contributed by atoms with van der Waals surface area (Å²) in [5, 5.41) is 0. The van der Waals surface area contributed by atoms with Crippen molar-refractivity contribution < 1.29 is 0 Å². The Hall–Kier alpha value is 0. The molecule has 0 aromatic carbocycles. The minimum atomic E-state index is 0.898. The van der Waals surface area contributed by atoms with Crippen LogP contribution in [-0.4, -0.2) is 0 Å². The van der Waals surface area contributed by atoms with Gasteiger partial charge in [-0.05, 0) is 31.1 Å². The third kappa shape index (κ3) is 1.19. The first-order chi connectivity index (χ1) is 3.29. The summed E-state index contributed by atoms with van der Waals surface area (Å²) in [5.41, 5.74) is 0. The molecule has 0 aromatic rings. The van der Waals surface area contributed by atoms with Crippen LogP contribution in [0.4, 0.5) is 0 Å². The van der Waals surface area contributed by atoms with Crippen molar-refractivity contribution in [3.05, 3.63) is 6.42 Å². The Morgan fingerprint density at radius 2 is 2.14 bits per heavy atom. The molecule has 0 saturated heterocycles. The Morgan fingerprint density at radius 3 is 2.29 bits per heavy atom. The lowest BCUT2D eigenvalue weighted by atomic mass is 10.1. The topological polar surface area (TPSA) is 0 Å². The summed E-state index contributed by atoms with van der Waals surface area (Å²) in [6, 6.07) is 0. The smallest absolute Gasteiger partial charge is 0.0355 e. The Morgan fingerprint density at radius 1 is 1.43 bits per heavy atom. The van der Waals surface area contributed by atoms with E-state index >= 15 is 0 Å². The lowest BCUT2D eigenvalue weighted by Gasteiger charge is -1.96. The van der Waals surface area contributed by atoms with E-state index in [0.717, 1.165) is 11.8 Å². The van der Waals surface area contributed by atoms with Gasteiger partial charge in [-0.15, -0.1) is 0 Å². The largest absolute Gasteiger partial charge is 0.0625 e. The summed E-state index contributed by atoms with van der Waals surface area (Å²) in [5.74, 6) is 1.87. The summed E-state index contributed by atoms with van der Waals surface area (Å²) in [4.78, 5) is 0. The summed E-state index contributed by atoms with van der Waals surface area (Å²) < 4.78 is 0. The van der Waals surface area contributed by atoms with Crippen molar-refractivity contribution in [1.29, 1.82) is 0 Å². The first kappa shape index (κ1) is 5.14. The zero-order chi connectivity index (χ0) is 5.28. The molecular weight excluding hydrogens is 84.1 g/mol. The quantitative estimate of drug-likeness (QED) is 0.435. The molecule has 1 aliphatic rings. The van der Waals surface area contributed by atoms with Gasteiger partial charge in [0, 0.05) is 0 Å². The Kier molecular flexibility index (Phi) is 1.36. The third-order valence-corrected chi connectivity index (χ3v) is 1.71. The lowest BCUT2D eigenvalue weighted by Crippen LogP contribution is -1.84. The summed E-state index contributed by atoms with van der Waals surface area (Å²) in [6.07, 6.45) is 5.19. The maximum Gasteiger partial charge on any atom is -0.0355 e. The molecule has 0 heterocycles. The minimum Gasteiger partial charge on any atom is -0.0625 e. The van der Waals surface area contributed by atoms with Crippen LogP contribution in [0.15, 0.2) is 0 Å². The van der Waals surface area contributed by atoms with Crippen LogP contribution in [-0.2, 0) is 0 Å². The van der Waals surface area contributed by atoms with Crippen LogP contribution in [0.3, 0.4) is 0 Å². The maximum absolute atomic E-state index is 2.42. The lowest BCUT2D eigenvalue weighted by molar-refractivity contribution is 0.563. The van der Waals surface area contributed by atoms with Crippen molar-refractivity contribution in [2.75, 3.05) is 0 Å². The number of rotatable bonds is 0. The number of hydrogen-bond donors (Lipinski definition) is 0. The molecule has 2 atom stereocenters. The van der Waals surface area contributed by atoms with Gasteiger partial charge in [-0.3, -0.25) is 0 Å². The second kappa shape index (κ2) is 1.85. The molecule has 0 aliphatic heterocycles. The Balaban J connectivity index is 2.26. The molecule has 7 heavy (non-hydrogen) atoms. The van der Waals surface area contributed by atoms with Crippen LogP contribution >= 0.6 is 0 Å². The molecule has 0 nitrogen and oxygen atoms in total. The second-order valence-corrected chi connectivity index (χ2v) is 2.79. The van der Waals surface area contributed by atoms with Gasteiger partial charge >= 0.3 is 0 Å². The van der Waals surface area contributed by atoms with Gasteiger partial charge in [0.2, 0.25) is 0 Å². The summed E-state index contributed by atoms with van der Waals surface area (Å²) in [7, 11) is 0. The van der Waals surface area contributed by atoms with Crippen molar-refractivity contribution in [2.45, 2.75) is 26.7 Å². The third-order valence-electron chi connectivity index (χ3n) is 1.71. The molecule has 1 radical (unpaired) electrons. The van der Waals surface area contributed by atoms with Gasteiger partial charge in [-0.1, -0.05) is 13.8 Å². The van der Waals surface area contributed by atoms with Gasteiger partial charge in [0.15, 0.2) is 0 Å². The fourth-order valence-corrected chi connectivity index (χ4v) is 1.29. The maximum atomic E-state index is 2.42. The van der Waals surface area contributed by atoms with E-state index < -0.39 is 0 Å². The van der Waals surface area contributed by atoms with Gasteiger partial charge in [-0.2, -0.15) is 0 Å². The van der Waals surface area contributed by atoms with E-state index in [-0.39, 0.29) is 0 Å². The summed E-state index contributed by atoms with van der Waals surface area (Å²) >= 11 is 0. The average Bonchev–Trinajstić information content (AvgIpc) is 1.87. The van der Waals surface area contributed by atoms with Crippen LogP contribution in [0.1, 0.15) is 26.7 Å². The Labute approximate surface area is 45.9 Å². The van der Waals surface area contributed by atoms with Crippen LogP contribution in [0.25, 0.3) is 0 Å². The molecule has 1 fully saturated rings. The van der Waals surface area contributed by atoms with E-state index in [4.69, 9.17) is 0 Å². The van der Waals surface area contributed by atoms with E-state index in [1.54, 1.807) is 0 Å². The van der Waals surface area contributed by atoms with Crippen molar-refractivity contribution in [3.8, 4) is 0 Å². The van der Waals surface area contributed by atoms with E-state index in [1.807, 2.05) is 0 Å². The van der Waals surface area contributed by atoms with Gasteiger partial charge in [-0.25, -0.2) is 0 Å². The number of hydrogen-bond acceptors (Lipinski definition) is 0. The molecular formula is C7H13. The summed E-state index contributed by atoms with van der Waals surface area (Å²) in [6.45, 7) is 4.61.